The Hall–Kier alpha value is -2.37. The Morgan fingerprint density at radius 3 is 2.67 bits per heavy atom. The first-order valence-electron chi connectivity index (χ1n) is 6.64. The molecule has 0 unspecified atom stereocenters. The second-order valence-corrected chi connectivity index (χ2v) is 4.98. The first kappa shape index (κ1) is 13.6. The Labute approximate surface area is 120 Å². The molecule has 2 aromatic rings. The zero-order valence-corrected chi connectivity index (χ0v) is 11.2. The summed E-state index contributed by atoms with van der Waals surface area (Å²) >= 11 is 0. The molecule has 21 heavy (non-hydrogen) atoms. The monoisotopic (exact) mass is 292 g/mol. The van der Waals surface area contributed by atoms with E-state index in [1.165, 1.54) is 6.07 Å². The lowest BCUT2D eigenvalue weighted by atomic mass is 10.3. The summed E-state index contributed by atoms with van der Waals surface area (Å²) in [5.41, 5.74) is 6.19. The highest BCUT2D eigenvalue weighted by Gasteiger charge is 2.22. The van der Waals surface area contributed by atoms with Gasteiger partial charge in [-0.05, 0) is 37.0 Å². The number of anilines is 1. The third kappa shape index (κ3) is 3.39. The number of nitrogens with zero attached hydrogens (tertiary/aromatic N) is 1. The molecular formula is C15H14F2N2O2. The van der Waals surface area contributed by atoms with E-state index in [1.807, 2.05) is 0 Å². The molecule has 1 fully saturated rings. The number of halogens is 2. The lowest BCUT2D eigenvalue weighted by molar-refractivity contribution is 0.286. The van der Waals surface area contributed by atoms with Gasteiger partial charge in [0.1, 0.15) is 5.75 Å². The Morgan fingerprint density at radius 2 is 1.95 bits per heavy atom. The van der Waals surface area contributed by atoms with Crippen molar-refractivity contribution in [3.63, 3.8) is 0 Å². The van der Waals surface area contributed by atoms with Gasteiger partial charge in [0, 0.05) is 12.1 Å². The van der Waals surface area contributed by atoms with Gasteiger partial charge in [0.05, 0.1) is 12.3 Å². The number of hydrogen-bond acceptors (Lipinski definition) is 4. The van der Waals surface area contributed by atoms with Crippen molar-refractivity contribution in [3.05, 3.63) is 42.0 Å². The summed E-state index contributed by atoms with van der Waals surface area (Å²) in [6, 6.07) is 6.41. The van der Waals surface area contributed by atoms with Crippen LogP contribution in [0.1, 0.15) is 12.8 Å². The van der Waals surface area contributed by atoms with Gasteiger partial charge in [0.2, 0.25) is 11.8 Å². The van der Waals surface area contributed by atoms with Gasteiger partial charge in [0.25, 0.3) is 0 Å². The van der Waals surface area contributed by atoms with E-state index in [4.69, 9.17) is 15.2 Å². The molecule has 1 aliphatic rings. The molecule has 1 aliphatic carbocycles. The molecule has 6 heteroatoms. The molecule has 0 bridgehead atoms. The number of aromatic nitrogens is 1. The molecule has 0 amide bonds. The van der Waals surface area contributed by atoms with Gasteiger partial charge in [-0.25, -0.2) is 8.78 Å². The normalized spacial score (nSPS) is 14.0. The van der Waals surface area contributed by atoms with Crippen molar-refractivity contribution in [3.8, 4) is 17.5 Å². The largest absolute Gasteiger partial charge is 0.476 e. The molecule has 0 spiro atoms. The fourth-order valence-electron chi connectivity index (χ4n) is 1.75. The van der Waals surface area contributed by atoms with Crippen LogP contribution >= 0.6 is 0 Å². The second-order valence-electron chi connectivity index (χ2n) is 4.98. The molecule has 4 nitrogen and oxygen atoms in total. The summed E-state index contributed by atoms with van der Waals surface area (Å²) in [4.78, 5) is 4.13. The number of benzene rings is 1. The van der Waals surface area contributed by atoms with Crippen LogP contribution < -0.4 is 15.2 Å². The summed E-state index contributed by atoms with van der Waals surface area (Å²) in [6.45, 7) is 0.575. The molecular weight excluding hydrogens is 278 g/mol. The van der Waals surface area contributed by atoms with Crippen molar-refractivity contribution in [2.24, 2.45) is 5.92 Å². The number of nitrogen functional groups attached to an aromatic ring is 1. The van der Waals surface area contributed by atoms with Gasteiger partial charge in [-0.15, -0.1) is 0 Å². The Bertz CT molecular complexity index is 660. The van der Waals surface area contributed by atoms with E-state index in [0.29, 0.717) is 24.1 Å². The summed E-state index contributed by atoms with van der Waals surface area (Å²) in [6.07, 6.45) is 2.32. The molecule has 3 rings (SSSR count). The standard InChI is InChI=1S/C15H14F2N2O2/c16-11-4-3-10(7-12(11)17)21-14-6-5-13(18)15(19-14)20-8-9-1-2-9/h3-7,9H,1-2,8,18H2. The smallest absolute Gasteiger partial charge is 0.240 e. The van der Waals surface area contributed by atoms with Gasteiger partial charge in [-0.3, -0.25) is 0 Å². The van der Waals surface area contributed by atoms with E-state index in [9.17, 15) is 8.78 Å². The fourth-order valence-corrected chi connectivity index (χ4v) is 1.75. The van der Waals surface area contributed by atoms with Crippen molar-refractivity contribution in [2.45, 2.75) is 12.8 Å². The highest BCUT2D eigenvalue weighted by atomic mass is 19.2. The van der Waals surface area contributed by atoms with Crippen molar-refractivity contribution in [1.29, 1.82) is 0 Å². The van der Waals surface area contributed by atoms with Crippen molar-refractivity contribution < 1.29 is 18.3 Å². The topological polar surface area (TPSA) is 57.4 Å². The summed E-state index contributed by atoms with van der Waals surface area (Å²) in [7, 11) is 0. The van der Waals surface area contributed by atoms with Gasteiger partial charge in [0.15, 0.2) is 11.6 Å². The van der Waals surface area contributed by atoms with Gasteiger partial charge in [-0.2, -0.15) is 4.98 Å². The van der Waals surface area contributed by atoms with Crippen LogP contribution in [-0.4, -0.2) is 11.6 Å². The van der Waals surface area contributed by atoms with Crippen molar-refractivity contribution in [2.75, 3.05) is 12.3 Å². The third-order valence-electron chi connectivity index (χ3n) is 3.13. The number of hydrogen-bond donors (Lipinski definition) is 1. The van der Waals surface area contributed by atoms with E-state index in [2.05, 4.69) is 4.98 Å². The number of ether oxygens (including phenoxy) is 2. The van der Waals surface area contributed by atoms with Crippen molar-refractivity contribution >= 4 is 5.69 Å². The number of pyridine rings is 1. The lowest BCUT2D eigenvalue weighted by Crippen LogP contribution is -2.04. The predicted molar refractivity (Wildman–Crippen MR) is 73.3 cm³/mol. The van der Waals surface area contributed by atoms with Crippen LogP contribution in [0.5, 0.6) is 17.5 Å². The van der Waals surface area contributed by atoms with Crippen LogP contribution in [0.15, 0.2) is 30.3 Å². The van der Waals surface area contributed by atoms with E-state index in [0.717, 1.165) is 25.0 Å². The minimum absolute atomic E-state index is 0.152. The van der Waals surface area contributed by atoms with E-state index in [1.54, 1.807) is 12.1 Å². The van der Waals surface area contributed by atoms with E-state index >= 15 is 0 Å². The first-order chi connectivity index (χ1) is 10.1. The second kappa shape index (κ2) is 5.55. The Morgan fingerprint density at radius 1 is 1.14 bits per heavy atom. The minimum atomic E-state index is -0.979. The molecule has 0 saturated heterocycles. The Balaban J connectivity index is 1.74. The van der Waals surface area contributed by atoms with Crippen LogP contribution in [0.2, 0.25) is 0 Å². The van der Waals surface area contributed by atoms with Crippen LogP contribution in [-0.2, 0) is 0 Å². The summed E-state index contributed by atoms with van der Waals surface area (Å²) in [5, 5.41) is 0. The zero-order valence-electron chi connectivity index (χ0n) is 11.2. The first-order valence-corrected chi connectivity index (χ1v) is 6.64. The number of nitrogens with two attached hydrogens (primary N) is 1. The van der Waals surface area contributed by atoms with Crippen molar-refractivity contribution in [1.82, 2.24) is 4.98 Å². The van der Waals surface area contributed by atoms with Crippen LogP contribution in [0.25, 0.3) is 0 Å². The molecule has 0 atom stereocenters. The SMILES string of the molecule is Nc1ccc(Oc2ccc(F)c(F)c2)nc1OCC1CC1. The van der Waals surface area contributed by atoms with E-state index < -0.39 is 11.6 Å². The Kier molecular flexibility index (Phi) is 3.60. The van der Waals surface area contributed by atoms with Crippen LogP contribution in [0.4, 0.5) is 14.5 Å². The van der Waals surface area contributed by atoms with E-state index in [-0.39, 0.29) is 11.6 Å². The lowest BCUT2D eigenvalue weighted by Gasteiger charge is -2.10. The molecule has 1 saturated carbocycles. The molecule has 0 radical (unpaired) electrons. The minimum Gasteiger partial charge on any atom is -0.476 e. The average Bonchev–Trinajstić information content (AvgIpc) is 3.28. The number of rotatable bonds is 5. The third-order valence-corrected chi connectivity index (χ3v) is 3.13. The maximum atomic E-state index is 13.1. The molecule has 0 aliphatic heterocycles. The maximum Gasteiger partial charge on any atom is 0.240 e. The summed E-state index contributed by atoms with van der Waals surface area (Å²) in [5.74, 6) is -0.682. The van der Waals surface area contributed by atoms with Gasteiger partial charge >= 0.3 is 0 Å². The highest BCUT2D eigenvalue weighted by molar-refractivity contribution is 5.49. The molecule has 2 N–H and O–H groups in total. The van der Waals surface area contributed by atoms with Gasteiger partial charge < -0.3 is 15.2 Å². The molecule has 1 aromatic carbocycles. The molecule has 1 aromatic heterocycles. The molecule has 110 valence electrons. The maximum absolute atomic E-state index is 13.1. The predicted octanol–water partition coefficient (Wildman–Crippen LogP) is 3.52. The summed E-state index contributed by atoms with van der Waals surface area (Å²) < 4.78 is 36.9. The average molecular weight is 292 g/mol. The molecule has 1 heterocycles. The zero-order chi connectivity index (χ0) is 14.8. The quantitative estimate of drug-likeness (QED) is 0.916. The highest BCUT2D eigenvalue weighted by Crippen LogP contribution is 2.31. The van der Waals surface area contributed by atoms with Gasteiger partial charge in [-0.1, -0.05) is 0 Å². The van der Waals surface area contributed by atoms with Crippen LogP contribution in [0, 0.1) is 17.6 Å². The fraction of sp³-hybridized carbons (Fsp3) is 0.267. The van der Waals surface area contributed by atoms with Crippen LogP contribution in [0.3, 0.4) is 0 Å².